The first-order chi connectivity index (χ1) is 7.68. The fraction of sp³-hybridized carbons (Fsp3) is 1.00. The van der Waals surface area contributed by atoms with Crippen LogP contribution in [0.15, 0.2) is 0 Å². The Balaban J connectivity index is 3.04. The van der Waals surface area contributed by atoms with Crippen molar-refractivity contribution in [1.29, 1.82) is 0 Å². The van der Waals surface area contributed by atoms with Crippen LogP contribution in [-0.2, 0) is 0 Å². The first-order valence-corrected chi connectivity index (χ1v) is 7.36. The van der Waals surface area contributed by atoms with E-state index < -0.39 is 0 Å². The molecule has 0 amide bonds. The molecule has 0 aromatic carbocycles. The molecular formula is C15H32O. The molecule has 0 aliphatic carbocycles. The molecular weight excluding hydrogens is 196 g/mol. The maximum atomic E-state index is 9.34. The standard InChI is InChI=1S/C15H32O/c1-4-5-6-7-8-9-10-11-12-13-14(2)15(3)16/h14-16H,4-13H2,1-3H3. The largest absolute Gasteiger partial charge is 0.393 e. The molecule has 0 aromatic heterocycles. The Morgan fingerprint density at radius 2 is 1.19 bits per heavy atom. The number of rotatable bonds is 11. The summed E-state index contributed by atoms with van der Waals surface area (Å²) < 4.78 is 0. The van der Waals surface area contributed by atoms with Gasteiger partial charge in [-0.15, -0.1) is 0 Å². The molecule has 1 heteroatoms. The maximum absolute atomic E-state index is 9.34. The molecule has 1 N–H and O–H groups in total. The summed E-state index contributed by atoms with van der Waals surface area (Å²) >= 11 is 0. The third kappa shape index (κ3) is 10.5. The lowest BCUT2D eigenvalue weighted by atomic mass is 9.98. The lowest BCUT2D eigenvalue weighted by Gasteiger charge is -2.13. The smallest absolute Gasteiger partial charge is 0.0537 e. The molecule has 0 aliphatic rings. The molecule has 0 spiro atoms. The average molecular weight is 228 g/mol. The highest BCUT2D eigenvalue weighted by molar-refractivity contribution is 4.59. The summed E-state index contributed by atoms with van der Waals surface area (Å²) in [6.45, 7) is 6.32. The minimum Gasteiger partial charge on any atom is -0.393 e. The van der Waals surface area contributed by atoms with Crippen LogP contribution in [0.25, 0.3) is 0 Å². The van der Waals surface area contributed by atoms with Gasteiger partial charge < -0.3 is 5.11 Å². The number of hydrogen-bond acceptors (Lipinski definition) is 1. The summed E-state index contributed by atoms with van der Waals surface area (Å²) in [4.78, 5) is 0. The molecule has 0 heterocycles. The highest BCUT2D eigenvalue weighted by Crippen LogP contribution is 2.15. The van der Waals surface area contributed by atoms with Crippen LogP contribution in [0.3, 0.4) is 0 Å². The Hall–Kier alpha value is -0.0400. The lowest BCUT2D eigenvalue weighted by molar-refractivity contribution is 0.128. The van der Waals surface area contributed by atoms with Gasteiger partial charge in [-0.3, -0.25) is 0 Å². The summed E-state index contributed by atoms with van der Waals surface area (Å²) in [5, 5.41) is 9.34. The third-order valence-electron chi connectivity index (χ3n) is 3.59. The minimum absolute atomic E-state index is 0.131. The van der Waals surface area contributed by atoms with E-state index >= 15 is 0 Å². The molecule has 0 rings (SSSR count). The second-order valence-electron chi connectivity index (χ2n) is 5.33. The highest BCUT2D eigenvalue weighted by atomic mass is 16.3. The van der Waals surface area contributed by atoms with Gasteiger partial charge in [-0.25, -0.2) is 0 Å². The summed E-state index contributed by atoms with van der Waals surface area (Å²) in [5.74, 6) is 0.476. The Morgan fingerprint density at radius 1 is 0.750 bits per heavy atom. The Labute approximate surface area is 103 Å². The van der Waals surface area contributed by atoms with Crippen LogP contribution in [0.1, 0.15) is 85.0 Å². The van der Waals surface area contributed by atoms with E-state index in [1.54, 1.807) is 0 Å². The maximum Gasteiger partial charge on any atom is 0.0537 e. The van der Waals surface area contributed by atoms with Gasteiger partial charge in [-0.1, -0.05) is 71.6 Å². The van der Waals surface area contributed by atoms with Crippen molar-refractivity contribution in [2.45, 2.75) is 91.1 Å². The van der Waals surface area contributed by atoms with E-state index in [2.05, 4.69) is 13.8 Å². The molecule has 0 radical (unpaired) electrons. The molecule has 1 nitrogen and oxygen atoms in total. The Bertz CT molecular complexity index is 131. The van der Waals surface area contributed by atoms with Crippen LogP contribution in [0, 0.1) is 5.92 Å². The summed E-state index contributed by atoms with van der Waals surface area (Å²) in [5.41, 5.74) is 0. The molecule has 0 saturated heterocycles. The van der Waals surface area contributed by atoms with Gasteiger partial charge in [-0.2, -0.15) is 0 Å². The van der Waals surface area contributed by atoms with E-state index in [-0.39, 0.29) is 6.10 Å². The molecule has 0 fully saturated rings. The van der Waals surface area contributed by atoms with Crippen molar-refractivity contribution < 1.29 is 5.11 Å². The zero-order chi connectivity index (χ0) is 12.2. The van der Waals surface area contributed by atoms with Crippen molar-refractivity contribution in [2.75, 3.05) is 0 Å². The van der Waals surface area contributed by atoms with Crippen LogP contribution in [0.4, 0.5) is 0 Å². The first-order valence-electron chi connectivity index (χ1n) is 7.36. The number of aliphatic hydroxyl groups is 1. The van der Waals surface area contributed by atoms with Gasteiger partial charge in [0, 0.05) is 0 Å². The van der Waals surface area contributed by atoms with Gasteiger partial charge in [0.05, 0.1) is 6.10 Å². The van der Waals surface area contributed by atoms with Crippen LogP contribution < -0.4 is 0 Å². The van der Waals surface area contributed by atoms with E-state index in [1.165, 1.54) is 64.2 Å². The molecule has 0 bridgehead atoms. The van der Waals surface area contributed by atoms with Crippen molar-refractivity contribution in [3.63, 3.8) is 0 Å². The average Bonchev–Trinajstić information content (AvgIpc) is 2.26. The molecule has 0 aliphatic heterocycles. The van der Waals surface area contributed by atoms with Crippen molar-refractivity contribution in [2.24, 2.45) is 5.92 Å². The van der Waals surface area contributed by atoms with Crippen molar-refractivity contribution >= 4 is 0 Å². The third-order valence-corrected chi connectivity index (χ3v) is 3.59. The van der Waals surface area contributed by atoms with E-state index in [1.807, 2.05) is 6.92 Å². The number of hydrogen-bond donors (Lipinski definition) is 1. The molecule has 98 valence electrons. The van der Waals surface area contributed by atoms with E-state index in [0.717, 1.165) is 0 Å². The van der Waals surface area contributed by atoms with Crippen LogP contribution in [0.5, 0.6) is 0 Å². The summed E-state index contributed by atoms with van der Waals surface area (Å²) in [6.07, 6.45) is 13.5. The topological polar surface area (TPSA) is 20.2 Å². The van der Waals surface area contributed by atoms with E-state index in [4.69, 9.17) is 0 Å². The molecule has 2 atom stereocenters. The second kappa shape index (κ2) is 11.4. The number of unbranched alkanes of at least 4 members (excludes halogenated alkanes) is 8. The van der Waals surface area contributed by atoms with Gasteiger partial charge in [-0.05, 0) is 19.3 Å². The molecule has 16 heavy (non-hydrogen) atoms. The number of aliphatic hydroxyl groups excluding tert-OH is 1. The lowest BCUT2D eigenvalue weighted by Crippen LogP contribution is -2.12. The van der Waals surface area contributed by atoms with Gasteiger partial charge in [0.25, 0.3) is 0 Å². The van der Waals surface area contributed by atoms with Crippen molar-refractivity contribution in [3.8, 4) is 0 Å². The van der Waals surface area contributed by atoms with E-state index in [0.29, 0.717) is 5.92 Å². The van der Waals surface area contributed by atoms with E-state index in [9.17, 15) is 5.11 Å². The second-order valence-corrected chi connectivity index (χ2v) is 5.33. The summed E-state index contributed by atoms with van der Waals surface area (Å²) in [6, 6.07) is 0. The monoisotopic (exact) mass is 228 g/mol. The quantitative estimate of drug-likeness (QED) is 0.497. The Morgan fingerprint density at radius 3 is 1.62 bits per heavy atom. The first kappa shape index (κ1) is 16.0. The minimum atomic E-state index is -0.131. The zero-order valence-electron chi connectivity index (χ0n) is 11.7. The fourth-order valence-electron chi connectivity index (χ4n) is 2.02. The fourth-order valence-corrected chi connectivity index (χ4v) is 2.02. The van der Waals surface area contributed by atoms with Crippen molar-refractivity contribution in [3.05, 3.63) is 0 Å². The predicted molar refractivity (Wildman–Crippen MR) is 72.7 cm³/mol. The van der Waals surface area contributed by atoms with Gasteiger partial charge in [0.1, 0.15) is 0 Å². The molecule has 0 saturated carbocycles. The van der Waals surface area contributed by atoms with Gasteiger partial charge in [0.15, 0.2) is 0 Å². The normalized spacial score (nSPS) is 15.0. The zero-order valence-corrected chi connectivity index (χ0v) is 11.7. The Kier molecular flexibility index (Phi) is 11.4. The molecule has 0 aromatic rings. The SMILES string of the molecule is CCCCCCCCCCCC(C)C(C)O. The molecule has 2 unspecified atom stereocenters. The van der Waals surface area contributed by atoms with Gasteiger partial charge in [0.2, 0.25) is 0 Å². The van der Waals surface area contributed by atoms with Gasteiger partial charge >= 0.3 is 0 Å². The van der Waals surface area contributed by atoms with Crippen LogP contribution in [0.2, 0.25) is 0 Å². The van der Waals surface area contributed by atoms with Crippen LogP contribution in [-0.4, -0.2) is 11.2 Å². The highest BCUT2D eigenvalue weighted by Gasteiger charge is 2.07. The van der Waals surface area contributed by atoms with Crippen molar-refractivity contribution in [1.82, 2.24) is 0 Å². The summed E-state index contributed by atoms with van der Waals surface area (Å²) in [7, 11) is 0. The van der Waals surface area contributed by atoms with Crippen LogP contribution >= 0.6 is 0 Å². The predicted octanol–water partition coefficient (Wildman–Crippen LogP) is 4.92.